The largest absolute Gasteiger partial charge is 0.416 e. The average Bonchev–Trinajstić information content (AvgIpc) is 3.25. The van der Waals surface area contributed by atoms with E-state index in [-0.39, 0.29) is 11.5 Å². The maximum absolute atomic E-state index is 13.0. The molecule has 0 spiro atoms. The Balaban J connectivity index is 1.69. The molecule has 0 aliphatic heterocycles. The zero-order valence-corrected chi connectivity index (χ0v) is 15.5. The molecule has 0 saturated carbocycles. The number of hydrazone groups is 1. The van der Waals surface area contributed by atoms with Gasteiger partial charge in [-0.15, -0.1) is 0 Å². The van der Waals surface area contributed by atoms with Gasteiger partial charge in [0.15, 0.2) is 0 Å². The van der Waals surface area contributed by atoms with Crippen molar-refractivity contribution >= 4 is 11.4 Å². The van der Waals surface area contributed by atoms with E-state index in [4.69, 9.17) is 4.52 Å². The predicted molar refractivity (Wildman–Crippen MR) is 107 cm³/mol. The van der Waals surface area contributed by atoms with E-state index < -0.39 is 11.7 Å². The van der Waals surface area contributed by atoms with E-state index in [9.17, 15) is 13.2 Å². The lowest BCUT2D eigenvalue weighted by Gasteiger charge is -2.09. The van der Waals surface area contributed by atoms with Crippen LogP contribution in [-0.4, -0.2) is 15.9 Å². The van der Waals surface area contributed by atoms with Gasteiger partial charge in [-0.25, -0.2) is 0 Å². The molecule has 0 atom stereocenters. The monoisotopic (exact) mass is 408 g/mol. The minimum atomic E-state index is -4.44. The molecule has 5 nitrogen and oxygen atoms in total. The third kappa shape index (κ3) is 4.38. The Bertz CT molecular complexity index is 1160. The molecule has 0 radical (unpaired) electrons. The third-order valence-electron chi connectivity index (χ3n) is 4.19. The molecule has 4 aromatic rings. The smallest absolute Gasteiger partial charge is 0.334 e. The summed E-state index contributed by atoms with van der Waals surface area (Å²) >= 11 is 0. The Morgan fingerprint density at radius 1 is 0.867 bits per heavy atom. The molecule has 0 saturated heterocycles. The fourth-order valence-corrected chi connectivity index (χ4v) is 2.74. The molecule has 0 fully saturated rings. The van der Waals surface area contributed by atoms with E-state index in [1.165, 1.54) is 12.1 Å². The summed E-state index contributed by atoms with van der Waals surface area (Å²) in [5.74, 6) is 0.521. The van der Waals surface area contributed by atoms with Crippen LogP contribution in [0.2, 0.25) is 0 Å². The summed E-state index contributed by atoms with van der Waals surface area (Å²) in [6.07, 6.45) is -4.44. The van der Waals surface area contributed by atoms with Crippen LogP contribution in [-0.2, 0) is 6.18 Å². The van der Waals surface area contributed by atoms with Crippen LogP contribution in [0.4, 0.5) is 18.9 Å². The number of hydrogen-bond donors (Lipinski definition) is 1. The number of aromatic nitrogens is 2. The second kappa shape index (κ2) is 8.20. The zero-order valence-electron chi connectivity index (χ0n) is 15.5. The Labute approximate surface area is 169 Å². The highest BCUT2D eigenvalue weighted by Gasteiger charge is 2.30. The highest BCUT2D eigenvalue weighted by molar-refractivity contribution is 6.10. The van der Waals surface area contributed by atoms with Gasteiger partial charge in [0, 0.05) is 11.1 Å². The molecule has 4 rings (SSSR count). The molecule has 3 aromatic carbocycles. The average molecular weight is 408 g/mol. The van der Waals surface area contributed by atoms with E-state index in [1.54, 1.807) is 12.1 Å². The van der Waals surface area contributed by atoms with Crippen LogP contribution in [0, 0.1) is 0 Å². The van der Waals surface area contributed by atoms with Crippen LogP contribution in [0.15, 0.2) is 94.6 Å². The topological polar surface area (TPSA) is 63.3 Å². The van der Waals surface area contributed by atoms with Gasteiger partial charge in [-0.3, -0.25) is 5.43 Å². The summed E-state index contributed by atoms with van der Waals surface area (Å²) in [7, 11) is 0. The van der Waals surface area contributed by atoms with Crippen molar-refractivity contribution in [3.63, 3.8) is 0 Å². The number of alkyl halides is 3. The lowest BCUT2D eigenvalue weighted by Crippen LogP contribution is -2.09. The summed E-state index contributed by atoms with van der Waals surface area (Å²) in [5, 5.41) is 8.28. The third-order valence-corrected chi connectivity index (χ3v) is 4.19. The van der Waals surface area contributed by atoms with E-state index in [1.807, 2.05) is 48.5 Å². The van der Waals surface area contributed by atoms with Crippen LogP contribution in [0.3, 0.4) is 0 Å². The van der Waals surface area contributed by atoms with E-state index in [0.29, 0.717) is 17.2 Å². The summed E-state index contributed by atoms with van der Waals surface area (Å²) in [6, 6.07) is 23.1. The number of rotatable bonds is 5. The molecule has 0 bridgehead atoms. The first-order chi connectivity index (χ1) is 14.5. The van der Waals surface area contributed by atoms with Gasteiger partial charge < -0.3 is 4.52 Å². The Hall–Kier alpha value is -3.94. The van der Waals surface area contributed by atoms with Crippen LogP contribution in [0.1, 0.15) is 17.0 Å². The molecular weight excluding hydrogens is 393 g/mol. The van der Waals surface area contributed by atoms with Crippen molar-refractivity contribution in [2.75, 3.05) is 5.43 Å². The molecule has 1 N–H and O–H groups in total. The molecule has 0 amide bonds. The minimum absolute atomic E-state index is 0.185. The Morgan fingerprint density at radius 2 is 1.57 bits per heavy atom. The predicted octanol–water partition coefficient (Wildman–Crippen LogP) is 5.62. The van der Waals surface area contributed by atoms with Gasteiger partial charge in [-0.05, 0) is 30.3 Å². The first-order valence-electron chi connectivity index (χ1n) is 8.96. The standard InChI is InChI=1S/C22H15F3N4O/c23-22(24,25)17-12-7-13-18(14-17)27-28-19(15-8-3-1-4-9-15)20-26-21(30-29-20)16-10-5-2-6-11-16/h1-14,27H/b28-19-. The fourth-order valence-electron chi connectivity index (χ4n) is 2.74. The minimum Gasteiger partial charge on any atom is -0.334 e. The molecule has 0 aliphatic rings. The number of anilines is 1. The molecule has 30 heavy (non-hydrogen) atoms. The number of halogens is 3. The van der Waals surface area contributed by atoms with Crippen molar-refractivity contribution in [3.05, 3.63) is 102 Å². The second-order valence-electron chi connectivity index (χ2n) is 6.31. The number of nitrogens with one attached hydrogen (secondary N) is 1. The van der Waals surface area contributed by atoms with Gasteiger partial charge in [0.05, 0.1) is 11.3 Å². The highest BCUT2D eigenvalue weighted by Crippen LogP contribution is 2.30. The SMILES string of the molecule is FC(F)(F)c1cccc(N/N=C(/c2ccccc2)c2noc(-c3ccccc3)n2)c1. The molecule has 8 heteroatoms. The van der Waals surface area contributed by atoms with Crippen LogP contribution in [0.25, 0.3) is 11.5 Å². The molecular formula is C22H15F3N4O. The summed E-state index contributed by atoms with van der Waals surface area (Å²) < 4.78 is 44.2. The summed E-state index contributed by atoms with van der Waals surface area (Å²) in [4.78, 5) is 4.40. The number of hydrogen-bond acceptors (Lipinski definition) is 5. The van der Waals surface area contributed by atoms with Crippen LogP contribution in [0.5, 0.6) is 0 Å². The normalized spacial score (nSPS) is 12.0. The van der Waals surface area contributed by atoms with Crippen molar-refractivity contribution < 1.29 is 17.7 Å². The number of benzene rings is 3. The van der Waals surface area contributed by atoms with Crippen LogP contribution >= 0.6 is 0 Å². The lowest BCUT2D eigenvalue weighted by molar-refractivity contribution is -0.137. The zero-order chi connectivity index (χ0) is 21.0. The summed E-state index contributed by atoms with van der Waals surface area (Å²) in [5.41, 5.74) is 3.84. The molecule has 0 unspecified atom stereocenters. The van der Waals surface area contributed by atoms with Gasteiger partial charge in [0.1, 0.15) is 5.71 Å². The van der Waals surface area contributed by atoms with Crippen molar-refractivity contribution in [1.29, 1.82) is 0 Å². The maximum Gasteiger partial charge on any atom is 0.416 e. The van der Waals surface area contributed by atoms with Gasteiger partial charge in [-0.2, -0.15) is 23.3 Å². The van der Waals surface area contributed by atoms with E-state index >= 15 is 0 Å². The van der Waals surface area contributed by atoms with E-state index in [0.717, 1.165) is 17.7 Å². The fraction of sp³-hybridized carbons (Fsp3) is 0.0455. The molecule has 1 aromatic heterocycles. The Morgan fingerprint density at radius 3 is 2.27 bits per heavy atom. The molecule has 1 heterocycles. The first-order valence-corrected chi connectivity index (χ1v) is 8.96. The number of nitrogens with zero attached hydrogens (tertiary/aromatic N) is 3. The second-order valence-corrected chi connectivity index (χ2v) is 6.31. The van der Waals surface area contributed by atoms with E-state index in [2.05, 4.69) is 20.7 Å². The van der Waals surface area contributed by atoms with Crippen molar-refractivity contribution in [2.45, 2.75) is 6.18 Å². The van der Waals surface area contributed by atoms with Crippen molar-refractivity contribution in [2.24, 2.45) is 5.10 Å². The maximum atomic E-state index is 13.0. The molecule has 150 valence electrons. The van der Waals surface area contributed by atoms with Crippen molar-refractivity contribution in [3.8, 4) is 11.5 Å². The van der Waals surface area contributed by atoms with Gasteiger partial charge in [0.2, 0.25) is 5.82 Å². The van der Waals surface area contributed by atoms with Gasteiger partial charge in [0.25, 0.3) is 5.89 Å². The molecule has 0 aliphatic carbocycles. The Kier molecular flexibility index (Phi) is 5.30. The lowest BCUT2D eigenvalue weighted by atomic mass is 10.1. The summed E-state index contributed by atoms with van der Waals surface area (Å²) in [6.45, 7) is 0. The highest BCUT2D eigenvalue weighted by atomic mass is 19.4. The van der Waals surface area contributed by atoms with Crippen molar-refractivity contribution in [1.82, 2.24) is 10.1 Å². The van der Waals surface area contributed by atoms with Gasteiger partial charge >= 0.3 is 6.18 Å². The van der Waals surface area contributed by atoms with Crippen LogP contribution < -0.4 is 5.43 Å². The first kappa shape index (κ1) is 19.4. The van der Waals surface area contributed by atoms with Gasteiger partial charge in [-0.1, -0.05) is 59.8 Å². The quantitative estimate of drug-likeness (QED) is 0.344.